The van der Waals surface area contributed by atoms with Gasteiger partial charge in [0.1, 0.15) is 5.03 Å². The van der Waals surface area contributed by atoms with Crippen LogP contribution in [0.5, 0.6) is 0 Å². The van der Waals surface area contributed by atoms with Crippen LogP contribution in [0.3, 0.4) is 0 Å². The van der Waals surface area contributed by atoms with Gasteiger partial charge in [-0.05, 0) is 23.9 Å². The molecule has 0 spiro atoms. The topological polar surface area (TPSA) is 30.0 Å². The van der Waals surface area contributed by atoms with Crippen LogP contribution in [0.15, 0.2) is 29.4 Å². The summed E-state index contributed by atoms with van der Waals surface area (Å²) >= 11 is 1.19. The minimum atomic E-state index is 0.156. The standard InChI is InChI=1S/C8H9NOS/c1-2-8(10)11-7-5-3-4-6-9-7/h3-6H,2H2,1H3. The number of hydrogen-bond acceptors (Lipinski definition) is 3. The Hall–Kier alpha value is -0.830. The van der Waals surface area contributed by atoms with Gasteiger partial charge in [0.15, 0.2) is 5.12 Å². The highest BCUT2D eigenvalue weighted by molar-refractivity contribution is 8.13. The maximum atomic E-state index is 10.9. The van der Waals surface area contributed by atoms with Gasteiger partial charge in [-0.3, -0.25) is 4.79 Å². The zero-order valence-electron chi connectivity index (χ0n) is 6.28. The fourth-order valence-electron chi connectivity index (χ4n) is 0.596. The van der Waals surface area contributed by atoms with E-state index >= 15 is 0 Å². The lowest BCUT2D eigenvalue weighted by Gasteiger charge is -1.94. The average Bonchev–Trinajstić information content (AvgIpc) is 2.06. The molecule has 0 N–H and O–H groups in total. The van der Waals surface area contributed by atoms with Crippen molar-refractivity contribution < 1.29 is 4.79 Å². The maximum Gasteiger partial charge on any atom is 0.194 e. The molecule has 0 atom stereocenters. The zero-order chi connectivity index (χ0) is 8.10. The molecule has 0 aliphatic carbocycles. The second-order valence-electron chi connectivity index (χ2n) is 2.00. The Labute approximate surface area is 70.0 Å². The smallest absolute Gasteiger partial charge is 0.194 e. The molecule has 0 amide bonds. The molecule has 1 aromatic rings. The molecule has 0 fully saturated rings. The number of pyridine rings is 1. The van der Waals surface area contributed by atoms with Crippen molar-refractivity contribution >= 4 is 16.9 Å². The number of aromatic nitrogens is 1. The van der Waals surface area contributed by atoms with Gasteiger partial charge in [-0.2, -0.15) is 0 Å². The van der Waals surface area contributed by atoms with Crippen molar-refractivity contribution in [1.82, 2.24) is 4.98 Å². The van der Waals surface area contributed by atoms with Crippen LogP contribution in [0, 0.1) is 0 Å². The van der Waals surface area contributed by atoms with E-state index in [1.54, 1.807) is 6.20 Å². The second kappa shape index (κ2) is 4.13. The normalized spacial score (nSPS) is 9.55. The monoisotopic (exact) mass is 167 g/mol. The van der Waals surface area contributed by atoms with Crippen LogP contribution < -0.4 is 0 Å². The second-order valence-corrected chi connectivity index (χ2v) is 3.07. The highest BCUT2D eigenvalue weighted by atomic mass is 32.2. The Bertz CT molecular complexity index is 235. The van der Waals surface area contributed by atoms with Gasteiger partial charge in [-0.1, -0.05) is 13.0 Å². The molecule has 1 rings (SSSR count). The molecule has 1 aromatic heterocycles. The Morgan fingerprint density at radius 3 is 3.00 bits per heavy atom. The molecule has 1 heterocycles. The molecule has 0 unspecified atom stereocenters. The van der Waals surface area contributed by atoms with E-state index in [1.807, 2.05) is 25.1 Å². The molecular weight excluding hydrogens is 158 g/mol. The molecular formula is C8H9NOS. The third-order valence-electron chi connectivity index (χ3n) is 1.14. The van der Waals surface area contributed by atoms with Gasteiger partial charge >= 0.3 is 0 Å². The van der Waals surface area contributed by atoms with Gasteiger partial charge in [-0.15, -0.1) is 0 Å². The largest absolute Gasteiger partial charge is 0.287 e. The fraction of sp³-hybridized carbons (Fsp3) is 0.250. The quantitative estimate of drug-likeness (QED) is 0.632. The van der Waals surface area contributed by atoms with Crippen LogP contribution in [0.1, 0.15) is 13.3 Å². The molecule has 58 valence electrons. The number of carbonyl (C=O) groups is 1. The summed E-state index contributed by atoms with van der Waals surface area (Å²) in [5.41, 5.74) is 0. The van der Waals surface area contributed by atoms with Crippen LogP contribution in [0.2, 0.25) is 0 Å². The molecule has 2 nitrogen and oxygen atoms in total. The minimum Gasteiger partial charge on any atom is -0.287 e. The van der Waals surface area contributed by atoms with Gasteiger partial charge in [0, 0.05) is 12.6 Å². The predicted molar refractivity (Wildman–Crippen MR) is 45.4 cm³/mol. The van der Waals surface area contributed by atoms with E-state index < -0.39 is 0 Å². The molecule has 0 saturated heterocycles. The first-order valence-electron chi connectivity index (χ1n) is 3.44. The van der Waals surface area contributed by atoms with Crippen LogP contribution >= 0.6 is 11.8 Å². The van der Waals surface area contributed by atoms with Crippen molar-refractivity contribution in [2.24, 2.45) is 0 Å². The Kier molecular flexibility index (Phi) is 3.11. The van der Waals surface area contributed by atoms with Crippen molar-refractivity contribution in [3.05, 3.63) is 24.4 Å². The number of nitrogens with zero attached hydrogens (tertiary/aromatic N) is 1. The number of hydrogen-bond donors (Lipinski definition) is 0. The van der Waals surface area contributed by atoms with Crippen molar-refractivity contribution in [3.63, 3.8) is 0 Å². The van der Waals surface area contributed by atoms with Crippen LogP contribution in [-0.4, -0.2) is 10.1 Å². The summed E-state index contributed by atoms with van der Waals surface area (Å²) in [5, 5.41) is 0.933. The highest BCUT2D eigenvalue weighted by Gasteiger charge is 2.00. The van der Waals surface area contributed by atoms with E-state index in [0.29, 0.717) is 6.42 Å². The number of thioether (sulfide) groups is 1. The summed E-state index contributed by atoms with van der Waals surface area (Å²) in [6.45, 7) is 1.85. The maximum absolute atomic E-state index is 10.9. The Morgan fingerprint density at radius 2 is 2.45 bits per heavy atom. The molecule has 0 saturated carbocycles. The number of rotatable bonds is 2. The van der Waals surface area contributed by atoms with E-state index in [9.17, 15) is 4.79 Å². The highest BCUT2D eigenvalue weighted by Crippen LogP contribution is 2.15. The first kappa shape index (κ1) is 8.27. The Morgan fingerprint density at radius 1 is 1.64 bits per heavy atom. The van der Waals surface area contributed by atoms with Crippen LogP contribution in [0.4, 0.5) is 0 Å². The zero-order valence-corrected chi connectivity index (χ0v) is 7.10. The SMILES string of the molecule is CCC(=O)Sc1ccccn1. The van der Waals surface area contributed by atoms with Crippen LogP contribution in [-0.2, 0) is 4.79 Å². The summed E-state index contributed by atoms with van der Waals surface area (Å²) in [5.74, 6) is 0. The summed E-state index contributed by atoms with van der Waals surface area (Å²) in [7, 11) is 0. The van der Waals surface area contributed by atoms with Crippen molar-refractivity contribution in [3.8, 4) is 0 Å². The van der Waals surface area contributed by atoms with E-state index in [0.717, 1.165) is 5.03 Å². The summed E-state index contributed by atoms with van der Waals surface area (Å²) in [6.07, 6.45) is 2.24. The van der Waals surface area contributed by atoms with E-state index in [4.69, 9.17) is 0 Å². The number of carbonyl (C=O) groups excluding carboxylic acids is 1. The summed E-state index contributed by atoms with van der Waals surface area (Å²) < 4.78 is 0. The lowest BCUT2D eigenvalue weighted by Crippen LogP contribution is -1.87. The van der Waals surface area contributed by atoms with Crippen molar-refractivity contribution in [1.29, 1.82) is 0 Å². The molecule has 0 aliphatic rings. The van der Waals surface area contributed by atoms with Gasteiger partial charge in [0.2, 0.25) is 0 Å². The minimum absolute atomic E-state index is 0.156. The predicted octanol–water partition coefficient (Wildman–Crippen LogP) is 2.11. The van der Waals surface area contributed by atoms with Gasteiger partial charge in [0.05, 0.1) is 0 Å². The summed E-state index contributed by atoms with van der Waals surface area (Å²) in [6, 6.07) is 5.54. The molecule has 11 heavy (non-hydrogen) atoms. The first-order chi connectivity index (χ1) is 5.33. The molecule has 0 aromatic carbocycles. The molecule has 3 heteroatoms. The van der Waals surface area contributed by atoms with Crippen LogP contribution in [0.25, 0.3) is 0 Å². The van der Waals surface area contributed by atoms with Gasteiger partial charge in [-0.25, -0.2) is 4.98 Å². The summed E-state index contributed by atoms with van der Waals surface area (Å²) in [4.78, 5) is 14.9. The molecule has 0 aliphatic heterocycles. The van der Waals surface area contributed by atoms with E-state index in [2.05, 4.69) is 4.98 Å². The average molecular weight is 167 g/mol. The molecule has 0 radical (unpaired) electrons. The van der Waals surface area contributed by atoms with Gasteiger partial charge < -0.3 is 0 Å². The first-order valence-corrected chi connectivity index (χ1v) is 4.26. The fourth-order valence-corrected chi connectivity index (χ4v) is 1.23. The van der Waals surface area contributed by atoms with Gasteiger partial charge in [0.25, 0.3) is 0 Å². The third-order valence-corrected chi connectivity index (χ3v) is 2.11. The van der Waals surface area contributed by atoms with E-state index in [1.165, 1.54) is 11.8 Å². The van der Waals surface area contributed by atoms with Crippen molar-refractivity contribution in [2.45, 2.75) is 18.4 Å². The van der Waals surface area contributed by atoms with Crippen molar-refractivity contribution in [2.75, 3.05) is 0 Å². The lowest BCUT2D eigenvalue weighted by atomic mass is 10.5. The third kappa shape index (κ3) is 2.72. The molecule has 0 bridgehead atoms. The lowest BCUT2D eigenvalue weighted by molar-refractivity contribution is -0.110. The Balaban J connectivity index is 2.58. The van der Waals surface area contributed by atoms with E-state index in [-0.39, 0.29) is 5.12 Å².